The number of aliphatic hydroxyl groups is 1. The van der Waals surface area contributed by atoms with Gasteiger partial charge in [0.05, 0.1) is 27.8 Å². The highest BCUT2D eigenvalue weighted by Gasteiger charge is 2.47. The first-order chi connectivity index (χ1) is 20.8. The van der Waals surface area contributed by atoms with E-state index >= 15 is 4.39 Å². The number of ether oxygens (including phenoxy) is 1. The minimum Gasteiger partial charge on any atom is -0.460 e. The largest absolute Gasteiger partial charge is 0.460 e. The van der Waals surface area contributed by atoms with Crippen LogP contribution in [0.1, 0.15) is 96.9 Å². The Morgan fingerprint density at radius 1 is 1.18 bits per heavy atom. The van der Waals surface area contributed by atoms with Crippen LogP contribution in [0, 0.1) is 24.0 Å². The summed E-state index contributed by atoms with van der Waals surface area (Å²) in [5, 5.41) is 18.4. The van der Waals surface area contributed by atoms with E-state index in [1.165, 1.54) is 19.1 Å². The zero-order chi connectivity index (χ0) is 33.5. The number of anilines is 2. The molecule has 0 saturated carbocycles. The van der Waals surface area contributed by atoms with Crippen molar-refractivity contribution in [3.05, 3.63) is 69.5 Å². The maximum atomic E-state index is 16.0. The highest BCUT2D eigenvalue weighted by molar-refractivity contribution is 6.30. The van der Waals surface area contributed by atoms with E-state index in [0.29, 0.717) is 43.1 Å². The predicted molar refractivity (Wildman–Crippen MR) is 173 cm³/mol. The Morgan fingerprint density at radius 2 is 1.87 bits per heavy atom. The smallest absolute Gasteiger partial charge is 0.313 e. The Bertz CT molecular complexity index is 1550. The van der Waals surface area contributed by atoms with Crippen molar-refractivity contribution in [2.45, 2.75) is 111 Å². The number of nitrogens with one attached hydrogen (secondary N) is 1. The fraction of sp³-hybridized carbons (Fsp3) is 0.559. The molecule has 0 aliphatic carbocycles. The number of aryl methyl sites for hydroxylation is 1. The molecule has 8 nitrogen and oxygen atoms in total. The van der Waals surface area contributed by atoms with E-state index in [0.717, 1.165) is 5.69 Å². The monoisotopic (exact) mass is 645 g/mol. The van der Waals surface area contributed by atoms with Crippen molar-refractivity contribution in [3.63, 3.8) is 0 Å². The van der Waals surface area contributed by atoms with Gasteiger partial charge >= 0.3 is 5.97 Å². The van der Waals surface area contributed by atoms with Gasteiger partial charge in [0.15, 0.2) is 11.6 Å². The van der Waals surface area contributed by atoms with Crippen molar-refractivity contribution in [2.24, 2.45) is 5.41 Å². The Labute approximate surface area is 270 Å². The Morgan fingerprint density at radius 3 is 2.44 bits per heavy atom. The van der Waals surface area contributed by atoms with Crippen molar-refractivity contribution in [2.75, 3.05) is 11.9 Å². The average molecular weight is 646 g/mol. The van der Waals surface area contributed by atoms with Gasteiger partial charge in [-0.15, -0.1) is 0 Å². The third-order valence-electron chi connectivity index (χ3n) is 8.21. The summed E-state index contributed by atoms with van der Waals surface area (Å²) in [7, 11) is 0. The fourth-order valence-corrected chi connectivity index (χ4v) is 6.25. The van der Waals surface area contributed by atoms with Gasteiger partial charge in [0.1, 0.15) is 17.2 Å². The van der Waals surface area contributed by atoms with Crippen molar-refractivity contribution in [1.82, 2.24) is 19.7 Å². The molecule has 3 atom stereocenters. The Hall–Kier alpha value is -3.08. The summed E-state index contributed by atoms with van der Waals surface area (Å²) < 4.78 is 38.6. The molecule has 1 aliphatic rings. The van der Waals surface area contributed by atoms with Crippen LogP contribution in [0.3, 0.4) is 0 Å². The first-order valence-electron chi connectivity index (χ1n) is 15.4. The number of pyridine rings is 1. The molecule has 1 unspecified atom stereocenters. The van der Waals surface area contributed by atoms with Gasteiger partial charge in [-0.1, -0.05) is 23.7 Å². The number of aromatic nitrogens is 3. The maximum Gasteiger partial charge on any atom is 0.313 e. The summed E-state index contributed by atoms with van der Waals surface area (Å²) in [5.41, 5.74) is -0.603. The number of piperidine rings is 1. The number of esters is 1. The molecule has 1 fully saturated rings. The zero-order valence-electron chi connectivity index (χ0n) is 27.8. The Balaban J connectivity index is 1.70. The number of rotatable bonds is 8. The average Bonchev–Trinajstić information content (AvgIpc) is 3.29. The molecule has 1 saturated heterocycles. The molecule has 45 heavy (non-hydrogen) atoms. The maximum absolute atomic E-state index is 16.0. The van der Waals surface area contributed by atoms with Gasteiger partial charge in [-0.25, -0.2) is 13.8 Å². The molecule has 2 N–H and O–H groups in total. The first-order valence-corrected chi connectivity index (χ1v) is 15.8. The molecule has 0 bridgehead atoms. The van der Waals surface area contributed by atoms with Gasteiger partial charge in [-0.3, -0.25) is 14.4 Å². The molecule has 1 aliphatic heterocycles. The topological polar surface area (TPSA) is 92.5 Å². The molecule has 0 radical (unpaired) electrons. The summed E-state index contributed by atoms with van der Waals surface area (Å²) >= 11 is 6.02. The van der Waals surface area contributed by atoms with Gasteiger partial charge in [0, 0.05) is 41.9 Å². The second-order valence-electron chi connectivity index (χ2n) is 14.4. The third kappa shape index (κ3) is 8.02. The number of nitrogens with zero attached hydrogens (tertiary/aromatic N) is 4. The van der Waals surface area contributed by atoms with E-state index in [9.17, 15) is 14.3 Å². The summed E-state index contributed by atoms with van der Waals surface area (Å²) in [6.07, 6.45) is -0.483. The van der Waals surface area contributed by atoms with Crippen LogP contribution in [0.25, 0.3) is 0 Å². The van der Waals surface area contributed by atoms with Crippen LogP contribution in [-0.2, 0) is 28.0 Å². The molecule has 246 valence electrons. The van der Waals surface area contributed by atoms with Crippen LogP contribution in [0.5, 0.6) is 0 Å². The van der Waals surface area contributed by atoms with Gasteiger partial charge < -0.3 is 15.2 Å². The van der Waals surface area contributed by atoms with Gasteiger partial charge in [0.25, 0.3) is 0 Å². The summed E-state index contributed by atoms with van der Waals surface area (Å²) in [6, 6.07) is 8.10. The van der Waals surface area contributed by atoms with E-state index in [1.54, 1.807) is 32.9 Å². The van der Waals surface area contributed by atoms with Crippen LogP contribution in [0.2, 0.25) is 5.02 Å². The minimum atomic E-state index is -1.12. The van der Waals surface area contributed by atoms with E-state index in [2.05, 4.69) is 20.3 Å². The van der Waals surface area contributed by atoms with Crippen LogP contribution in [0.4, 0.5) is 20.4 Å². The molecule has 0 spiro atoms. The van der Waals surface area contributed by atoms with E-state index in [-0.39, 0.29) is 34.3 Å². The van der Waals surface area contributed by atoms with Crippen LogP contribution in [-0.4, -0.2) is 48.9 Å². The van der Waals surface area contributed by atoms with Crippen molar-refractivity contribution in [1.29, 1.82) is 0 Å². The highest BCUT2D eigenvalue weighted by atomic mass is 35.5. The molecule has 3 heterocycles. The molecule has 4 rings (SSSR count). The lowest BCUT2D eigenvalue weighted by atomic mass is 9.71. The van der Waals surface area contributed by atoms with Gasteiger partial charge in [0.2, 0.25) is 0 Å². The normalized spacial score (nSPS) is 20.2. The molecule has 3 aromatic rings. The number of carbonyl (C=O) groups is 1. The number of benzene rings is 1. The lowest BCUT2D eigenvalue weighted by Crippen LogP contribution is -2.51. The molecule has 2 aromatic heterocycles. The Kier molecular flexibility index (Phi) is 10.0. The lowest BCUT2D eigenvalue weighted by molar-refractivity contribution is -0.172. The second-order valence-corrected chi connectivity index (χ2v) is 14.8. The van der Waals surface area contributed by atoms with Crippen molar-refractivity contribution < 1.29 is 23.4 Å². The van der Waals surface area contributed by atoms with Gasteiger partial charge in [-0.05, 0) is 93.8 Å². The van der Waals surface area contributed by atoms with Crippen molar-refractivity contribution >= 4 is 29.2 Å². The number of carbonyl (C=O) groups excluding carboxylic acids is 1. The number of hydrogen-bond acceptors (Lipinski definition) is 7. The quantitative estimate of drug-likeness (QED) is 0.243. The number of aliphatic hydroxyl groups excluding tert-OH is 1. The van der Waals surface area contributed by atoms with E-state index in [1.807, 2.05) is 45.4 Å². The van der Waals surface area contributed by atoms with Crippen molar-refractivity contribution in [3.8, 4) is 0 Å². The summed E-state index contributed by atoms with van der Waals surface area (Å²) in [6.45, 7) is 17.7. The van der Waals surface area contributed by atoms with Crippen LogP contribution >= 0.6 is 11.6 Å². The molecule has 1 aromatic carbocycles. The van der Waals surface area contributed by atoms with Crippen LogP contribution in [0.15, 0.2) is 30.3 Å². The molecule has 0 amide bonds. The lowest BCUT2D eigenvalue weighted by Gasteiger charge is -2.45. The number of halogens is 3. The first kappa shape index (κ1) is 34.8. The van der Waals surface area contributed by atoms with E-state index < -0.39 is 34.7 Å². The minimum absolute atomic E-state index is 0.0395. The van der Waals surface area contributed by atoms with Crippen LogP contribution < -0.4 is 5.32 Å². The molecular formula is C34H46ClF2N5O3. The second kappa shape index (κ2) is 13.0. The standard InChI is InChI=1S/C34H46ClF2N5O3/c1-20-15-28(40-42(20)32(4,5)6)39-27-16-24(22(3)43)30(37)26(38-27)18-34(31(44)45-33(7,8)9)13-14-41(21(2)17-34)19-23-11-10-12-25(35)29(23)36/h10-12,15-16,21-22,43H,13-14,17-19H2,1-9H3,(H,38,39,40)/t21-,22?,34-/m1/s1. The SMILES string of the molecule is Cc1cc(Nc2cc(C(C)O)c(F)c(C[C@@]3(C(=O)OC(C)(C)C)CCN(Cc4cccc(Cl)c4F)[C@H](C)C3)n2)nn1C(C)(C)C. The highest BCUT2D eigenvalue weighted by Crippen LogP contribution is 2.42. The number of hydrogen-bond donors (Lipinski definition) is 2. The van der Waals surface area contributed by atoms with E-state index in [4.69, 9.17) is 16.3 Å². The molecule has 11 heteroatoms. The third-order valence-corrected chi connectivity index (χ3v) is 8.51. The van der Waals surface area contributed by atoms with Gasteiger partial charge in [-0.2, -0.15) is 5.10 Å². The number of likely N-dealkylation sites (tertiary alicyclic amines) is 1. The zero-order valence-corrected chi connectivity index (χ0v) is 28.5. The summed E-state index contributed by atoms with van der Waals surface area (Å²) in [4.78, 5) is 20.7. The molecular weight excluding hydrogens is 600 g/mol. The fourth-order valence-electron chi connectivity index (χ4n) is 6.06. The summed E-state index contributed by atoms with van der Waals surface area (Å²) in [5.74, 6) is -0.721. The predicted octanol–water partition coefficient (Wildman–Crippen LogP) is 7.63.